The Balaban J connectivity index is 2.58. The van der Waals surface area contributed by atoms with Crippen molar-refractivity contribution >= 4 is 23.6 Å². The number of ether oxygens (including phenoxy) is 3. The third-order valence-electron chi connectivity index (χ3n) is 3.68. The van der Waals surface area contributed by atoms with E-state index in [4.69, 9.17) is 14.2 Å². The second-order valence-corrected chi connectivity index (χ2v) is 5.79. The normalized spacial score (nSPS) is 12.1. The van der Waals surface area contributed by atoms with Gasteiger partial charge in [0, 0.05) is 19.4 Å². The Morgan fingerprint density at radius 1 is 0.815 bits per heavy atom. The molecule has 5 nitrogen and oxygen atoms in total. The van der Waals surface area contributed by atoms with E-state index in [9.17, 15) is 9.59 Å². The summed E-state index contributed by atoms with van der Waals surface area (Å²) >= 11 is 0. The first-order chi connectivity index (χ1) is 12.9. The standard InChI is InChI=1S/C22H22O5/c1-15(19-8-6-5-7-9-19)22(27-17(3)24)21(26-16(2)23)14-18-10-12-20(25-4)13-11-18/h5-14H,1-4H3/b21-14+,22-15-. The molecule has 0 radical (unpaired) electrons. The molecule has 0 spiro atoms. The van der Waals surface area contributed by atoms with E-state index in [2.05, 4.69) is 0 Å². The van der Waals surface area contributed by atoms with Crippen LogP contribution in [0.15, 0.2) is 66.1 Å². The number of hydrogen-bond acceptors (Lipinski definition) is 5. The van der Waals surface area contributed by atoms with Crippen molar-refractivity contribution in [1.29, 1.82) is 0 Å². The average Bonchev–Trinajstić information content (AvgIpc) is 2.66. The summed E-state index contributed by atoms with van der Waals surface area (Å²) in [4.78, 5) is 23.3. The zero-order valence-electron chi connectivity index (χ0n) is 15.8. The highest BCUT2D eigenvalue weighted by Crippen LogP contribution is 2.27. The number of allylic oxidation sites excluding steroid dienone is 1. The Morgan fingerprint density at radius 2 is 1.41 bits per heavy atom. The maximum atomic E-state index is 11.7. The quantitative estimate of drug-likeness (QED) is 0.425. The molecule has 0 aromatic heterocycles. The molecule has 0 amide bonds. The summed E-state index contributed by atoms with van der Waals surface area (Å²) in [5, 5.41) is 0. The van der Waals surface area contributed by atoms with Crippen LogP contribution in [0.5, 0.6) is 5.75 Å². The van der Waals surface area contributed by atoms with Gasteiger partial charge in [-0.25, -0.2) is 0 Å². The van der Waals surface area contributed by atoms with Crippen LogP contribution in [0.4, 0.5) is 0 Å². The summed E-state index contributed by atoms with van der Waals surface area (Å²) in [6.07, 6.45) is 1.64. The maximum absolute atomic E-state index is 11.7. The largest absolute Gasteiger partial charge is 0.497 e. The lowest BCUT2D eigenvalue weighted by atomic mass is 10.0. The van der Waals surface area contributed by atoms with Gasteiger partial charge in [-0.05, 0) is 36.3 Å². The summed E-state index contributed by atoms with van der Waals surface area (Å²) in [5.41, 5.74) is 2.28. The minimum Gasteiger partial charge on any atom is -0.497 e. The summed E-state index contributed by atoms with van der Waals surface area (Å²) < 4.78 is 15.9. The van der Waals surface area contributed by atoms with Crippen LogP contribution in [0.25, 0.3) is 11.6 Å². The molecule has 0 fully saturated rings. The molecule has 2 aromatic carbocycles. The first kappa shape index (κ1) is 20.0. The third kappa shape index (κ3) is 5.85. The first-order valence-corrected chi connectivity index (χ1v) is 8.40. The molecule has 0 N–H and O–H groups in total. The molecule has 0 saturated carbocycles. The maximum Gasteiger partial charge on any atom is 0.308 e. The van der Waals surface area contributed by atoms with Crippen LogP contribution >= 0.6 is 0 Å². The van der Waals surface area contributed by atoms with Gasteiger partial charge in [-0.3, -0.25) is 9.59 Å². The zero-order valence-corrected chi connectivity index (χ0v) is 15.8. The van der Waals surface area contributed by atoms with Gasteiger partial charge < -0.3 is 14.2 Å². The molecule has 140 valence electrons. The Labute approximate surface area is 158 Å². The van der Waals surface area contributed by atoms with Crippen LogP contribution in [0.3, 0.4) is 0 Å². The van der Waals surface area contributed by atoms with Crippen LogP contribution < -0.4 is 4.74 Å². The van der Waals surface area contributed by atoms with Crippen LogP contribution in [-0.4, -0.2) is 19.0 Å². The molecular formula is C22H22O5. The van der Waals surface area contributed by atoms with Gasteiger partial charge >= 0.3 is 11.9 Å². The highest BCUT2D eigenvalue weighted by molar-refractivity contribution is 5.79. The predicted molar refractivity (Wildman–Crippen MR) is 104 cm³/mol. The molecule has 27 heavy (non-hydrogen) atoms. The number of hydrogen-bond donors (Lipinski definition) is 0. The Bertz CT molecular complexity index is 861. The van der Waals surface area contributed by atoms with Gasteiger partial charge in [-0.15, -0.1) is 0 Å². The van der Waals surface area contributed by atoms with Crippen LogP contribution in [0.1, 0.15) is 31.9 Å². The van der Waals surface area contributed by atoms with Crippen molar-refractivity contribution in [2.45, 2.75) is 20.8 Å². The lowest BCUT2D eigenvalue weighted by Gasteiger charge is -2.15. The zero-order chi connectivity index (χ0) is 19.8. The second-order valence-electron chi connectivity index (χ2n) is 5.79. The van der Waals surface area contributed by atoms with Gasteiger partial charge in [0.05, 0.1) is 7.11 Å². The van der Waals surface area contributed by atoms with Gasteiger partial charge in [0.1, 0.15) is 5.75 Å². The van der Waals surface area contributed by atoms with E-state index in [1.54, 1.807) is 32.2 Å². The van der Waals surface area contributed by atoms with Crippen molar-refractivity contribution in [2.75, 3.05) is 7.11 Å². The van der Waals surface area contributed by atoms with E-state index in [0.29, 0.717) is 11.3 Å². The van der Waals surface area contributed by atoms with Gasteiger partial charge in [0.15, 0.2) is 11.5 Å². The fourth-order valence-electron chi connectivity index (χ4n) is 2.42. The monoisotopic (exact) mass is 366 g/mol. The van der Waals surface area contributed by atoms with Crippen LogP contribution in [-0.2, 0) is 19.1 Å². The molecule has 5 heteroatoms. The molecular weight excluding hydrogens is 344 g/mol. The van der Waals surface area contributed by atoms with Crippen molar-refractivity contribution in [1.82, 2.24) is 0 Å². The number of carbonyl (C=O) groups is 2. The number of rotatable bonds is 6. The molecule has 0 saturated heterocycles. The Kier molecular flexibility index (Phi) is 6.94. The van der Waals surface area contributed by atoms with Crippen LogP contribution in [0.2, 0.25) is 0 Å². The van der Waals surface area contributed by atoms with Crippen molar-refractivity contribution in [3.8, 4) is 5.75 Å². The molecule has 0 aliphatic rings. The van der Waals surface area contributed by atoms with Crippen molar-refractivity contribution in [3.05, 3.63) is 77.2 Å². The van der Waals surface area contributed by atoms with Crippen molar-refractivity contribution in [3.63, 3.8) is 0 Å². The summed E-state index contributed by atoms with van der Waals surface area (Å²) in [6.45, 7) is 4.40. The van der Waals surface area contributed by atoms with E-state index < -0.39 is 11.9 Å². The van der Waals surface area contributed by atoms with E-state index >= 15 is 0 Å². The minimum atomic E-state index is -0.514. The first-order valence-electron chi connectivity index (χ1n) is 8.40. The summed E-state index contributed by atoms with van der Waals surface area (Å²) in [7, 11) is 1.58. The number of carbonyl (C=O) groups excluding carboxylic acids is 2. The summed E-state index contributed by atoms with van der Waals surface area (Å²) in [6, 6.07) is 16.6. The lowest BCUT2D eigenvalue weighted by Crippen LogP contribution is -2.09. The smallest absolute Gasteiger partial charge is 0.308 e. The van der Waals surface area contributed by atoms with Gasteiger partial charge in [0.25, 0.3) is 0 Å². The topological polar surface area (TPSA) is 61.8 Å². The van der Waals surface area contributed by atoms with Crippen molar-refractivity contribution in [2.24, 2.45) is 0 Å². The van der Waals surface area contributed by atoms with Gasteiger partial charge in [-0.1, -0.05) is 42.5 Å². The fourth-order valence-corrected chi connectivity index (χ4v) is 2.42. The average molecular weight is 366 g/mol. The highest BCUT2D eigenvalue weighted by atomic mass is 16.6. The minimum absolute atomic E-state index is 0.157. The van der Waals surface area contributed by atoms with E-state index in [0.717, 1.165) is 11.1 Å². The number of methoxy groups -OCH3 is 1. The van der Waals surface area contributed by atoms with E-state index in [1.807, 2.05) is 42.5 Å². The second kappa shape index (κ2) is 9.38. The molecule has 0 unspecified atom stereocenters. The van der Waals surface area contributed by atoms with Gasteiger partial charge in [0.2, 0.25) is 0 Å². The SMILES string of the molecule is COc1ccc(/C=C(OC(C)=O)\C(OC(C)=O)=C(/C)c2ccccc2)cc1. The highest BCUT2D eigenvalue weighted by Gasteiger charge is 2.18. The molecule has 0 bridgehead atoms. The molecule has 0 aliphatic heterocycles. The van der Waals surface area contributed by atoms with E-state index in [-0.39, 0.29) is 11.5 Å². The van der Waals surface area contributed by atoms with Gasteiger partial charge in [-0.2, -0.15) is 0 Å². The Morgan fingerprint density at radius 3 is 1.93 bits per heavy atom. The molecule has 0 heterocycles. The molecule has 2 rings (SSSR count). The predicted octanol–water partition coefficient (Wildman–Crippen LogP) is 4.59. The molecule has 2 aromatic rings. The third-order valence-corrected chi connectivity index (χ3v) is 3.68. The molecule has 0 aliphatic carbocycles. The number of esters is 2. The van der Waals surface area contributed by atoms with Crippen LogP contribution in [0, 0.1) is 0 Å². The fraction of sp³-hybridized carbons (Fsp3) is 0.182. The van der Waals surface area contributed by atoms with Crippen molar-refractivity contribution < 1.29 is 23.8 Å². The lowest BCUT2D eigenvalue weighted by molar-refractivity contribution is -0.141. The molecule has 0 atom stereocenters. The Hall–Kier alpha value is -3.34. The van der Waals surface area contributed by atoms with E-state index in [1.165, 1.54) is 13.8 Å². The number of benzene rings is 2. The summed E-state index contributed by atoms with van der Waals surface area (Å²) in [5.74, 6) is 0.0367.